The predicted molar refractivity (Wildman–Crippen MR) is 76.8 cm³/mol. The molecule has 7 nitrogen and oxygen atoms in total. The second-order valence-corrected chi connectivity index (χ2v) is 6.81. The van der Waals surface area contributed by atoms with Crippen LogP contribution in [0.5, 0.6) is 0 Å². The minimum absolute atomic E-state index is 0.0458. The quantitative estimate of drug-likeness (QED) is 0.728. The minimum Gasteiger partial charge on any atom is -0.478 e. The van der Waals surface area contributed by atoms with Gasteiger partial charge in [-0.1, -0.05) is 0 Å². The summed E-state index contributed by atoms with van der Waals surface area (Å²) in [5.74, 6) is -1.64. The van der Waals surface area contributed by atoms with E-state index in [1.807, 2.05) is 0 Å². The smallest absolute Gasteiger partial charge is 0.407 e. The summed E-state index contributed by atoms with van der Waals surface area (Å²) in [5, 5.41) is 21.9. The van der Waals surface area contributed by atoms with Crippen molar-refractivity contribution in [3.63, 3.8) is 0 Å². The van der Waals surface area contributed by atoms with E-state index < -0.39 is 24.0 Å². The third-order valence-electron chi connectivity index (χ3n) is 4.08. The number of aliphatic carboxylic acids is 1. The van der Waals surface area contributed by atoms with Gasteiger partial charge >= 0.3 is 12.1 Å². The van der Waals surface area contributed by atoms with Crippen LogP contribution in [0.3, 0.4) is 0 Å². The number of fused-ring (bicyclic) bond motifs is 1. The van der Waals surface area contributed by atoms with Crippen LogP contribution in [0.4, 0.5) is 4.79 Å². The van der Waals surface area contributed by atoms with Gasteiger partial charge < -0.3 is 25.0 Å². The van der Waals surface area contributed by atoms with E-state index in [9.17, 15) is 19.8 Å². The van der Waals surface area contributed by atoms with Crippen LogP contribution in [0.25, 0.3) is 0 Å². The fourth-order valence-corrected chi connectivity index (χ4v) is 3.20. The summed E-state index contributed by atoms with van der Waals surface area (Å²) in [6, 6.07) is 0. The summed E-state index contributed by atoms with van der Waals surface area (Å²) >= 11 is 0. The van der Waals surface area contributed by atoms with Crippen molar-refractivity contribution in [1.29, 1.82) is 0 Å². The molecule has 2 rings (SSSR count). The fourth-order valence-electron chi connectivity index (χ4n) is 3.20. The number of rotatable bonds is 3. The number of carbonyl (C=O) groups excluding carboxylic acids is 1. The molecule has 1 aliphatic carbocycles. The first-order chi connectivity index (χ1) is 10.2. The molecule has 2 aliphatic rings. The molecule has 3 N–H and O–H groups in total. The van der Waals surface area contributed by atoms with Gasteiger partial charge in [-0.3, -0.25) is 0 Å². The highest BCUT2D eigenvalue weighted by Gasteiger charge is 2.47. The van der Waals surface area contributed by atoms with Gasteiger partial charge in [0, 0.05) is 18.4 Å². The fraction of sp³-hybridized carbons (Fsp3) is 0.733. The maximum Gasteiger partial charge on any atom is 0.407 e. The van der Waals surface area contributed by atoms with Crippen molar-refractivity contribution in [3.05, 3.63) is 11.8 Å². The molecule has 1 fully saturated rings. The van der Waals surface area contributed by atoms with E-state index in [0.29, 0.717) is 13.0 Å². The molecule has 0 spiro atoms. The largest absolute Gasteiger partial charge is 0.478 e. The number of carbonyl (C=O) groups is 2. The van der Waals surface area contributed by atoms with Crippen molar-refractivity contribution in [1.82, 2.24) is 5.32 Å². The monoisotopic (exact) mass is 313 g/mol. The Morgan fingerprint density at radius 3 is 2.68 bits per heavy atom. The van der Waals surface area contributed by atoms with Crippen molar-refractivity contribution in [2.24, 2.45) is 17.8 Å². The summed E-state index contributed by atoms with van der Waals surface area (Å²) in [6.07, 6.45) is 0.954. The van der Waals surface area contributed by atoms with E-state index in [-0.39, 0.29) is 23.3 Å². The average Bonchev–Trinajstić information content (AvgIpc) is 2.79. The van der Waals surface area contributed by atoms with E-state index >= 15 is 0 Å². The molecular formula is C15H23NO6. The highest BCUT2D eigenvalue weighted by Crippen LogP contribution is 2.45. The van der Waals surface area contributed by atoms with Crippen LogP contribution in [0, 0.1) is 17.8 Å². The van der Waals surface area contributed by atoms with Crippen LogP contribution < -0.4 is 5.32 Å². The van der Waals surface area contributed by atoms with Gasteiger partial charge in [0.25, 0.3) is 0 Å². The molecule has 1 amide bonds. The number of hydrogen-bond donors (Lipinski definition) is 3. The van der Waals surface area contributed by atoms with E-state index in [4.69, 9.17) is 9.47 Å². The molecule has 0 aromatic rings. The Balaban J connectivity index is 1.96. The van der Waals surface area contributed by atoms with Gasteiger partial charge in [-0.25, -0.2) is 9.59 Å². The SMILES string of the molecule is CC(C)(C)OC(=O)NCC1CCC2C(C(=O)O)=COC(O)C12. The molecule has 4 atom stereocenters. The zero-order chi connectivity index (χ0) is 16.5. The number of amides is 1. The molecule has 1 saturated carbocycles. The minimum atomic E-state index is -1.04. The third-order valence-corrected chi connectivity index (χ3v) is 4.08. The lowest BCUT2D eigenvalue weighted by molar-refractivity contribution is -0.142. The average molecular weight is 313 g/mol. The van der Waals surface area contributed by atoms with E-state index in [2.05, 4.69) is 5.32 Å². The number of aliphatic hydroxyl groups is 1. The van der Waals surface area contributed by atoms with Gasteiger partial charge in [-0.2, -0.15) is 0 Å². The van der Waals surface area contributed by atoms with Crippen molar-refractivity contribution < 1.29 is 29.3 Å². The zero-order valence-corrected chi connectivity index (χ0v) is 13.0. The third kappa shape index (κ3) is 3.71. The Bertz CT molecular complexity index is 481. The Kier molecular flexibility index (Phi) is 4.65. The molecule has 0 radical (unpaired) electrons. The molecule has 1 heterocycles. The summed E-state index contributed by atoms with van der Waals surface area (Å²) in [5.41, 5.74) is -0.385. The number of carboxylic acid groups (broad SMARTS) is 1. The van der Waals surface area contributed by atoms with Gasteiger partial charge in [-0.05, 0) is 39.5 Å². The van der Waals surface area contributed by atoms with Crippen molar-refractivity contribution in [2.45, 2.75) is 45.5 Å². The van der Waals surface area contributed by atoms with E-state index in [1.165, 1.54) is 0 Å². The number of nitrogens with one attached hydrogen (secondary N) is 1. The summed E-state index contributed by atoms with van der Waals surface area (Å²) in [6.45, 7) is 5.66. The lowest BCUT2D eigenvalue weighted by atomic mass is 9.83. The Morgan fingerprint density at radius 1 is 1.41 bits per heavy atom. The first kappa shape index (κ1) is 16.6. The molecule has 4 unspecified atom stereocenters. The Hall–Kier alpha value is -1.76. The standard InChI is InChI=1S/C15H23NO6/c1-15(2,3)22-14(20)16-6-8-4-5-9-10(12(17)18)7-21-13(19)11(8)9/h7-9,11,13,19H,4-6H2,1-3H3,(H,16,20)(H,17,18). The van der Waals surface area contributed by atoms with Gasteiger partial charge in [-0.15, -0.1) is 0 Å². The van der Waals surface area contributed by atoms with Gasteiger partial charge in [0.1, 0.15) is 5.60 Å². The summed E-state index contributed by atoms with van der Waals surface area (Å²) in [7, 11) is 0. The van der Waals surface area contributed by atoms with Crippen molar-refractivity contribution in [2.75, 3.05) is 6.54 Å². The molecule has 0 aromatic carbocycles. The molecule has 124 valence electrons. The molecule has 1 aliphatic heterocycles. The van der Waals surface area contributed by atoms with E-state index in [1.54, 1.807) is 20.8 Å². The number of hydrogen-bond acceptors (Lipinski definition) is 5. The van der Waals surface area contributed by atoms with Crippen LogP contribution in [0.1, 0.15) is 33.6 Å². The van der Waals surface area contributed by atoms with Crippen LogP contribution in [0.2, 0.25) is 0 Å². The lowest BCUT2D eigenvalue weighted by Crippen LogP contribution is -2.41. The molecular weight excluding hydrogens is 290 g/mol. The van der Waals surface area contributed by atoms with Crippen LogP contribution in [0.15, 0.2) is 11.8 Å². The lowest BCUT2D eigenvalue weighted by Gasteiger charge is -2.33. The number of ether oxygens (including phenoxy) is 2. The second-order valence-electron chi connectivity index (χ2n) is 6.81. The van der Waals surface area contributed by atoms with Crippen molar-refractivity contribution in [3.8, 4) is 0 Å². The van der Waals surface area contributed by atoms with Crippen LogP contribution in [-0.4, -0.2) is 40.7 Å². The maximum absolute atomic E-state index is 11.7. The normalized spacial score (nSPS) is 30.8. The topological polar surface area (TPSA) is 105 Å². The number of alkyl carbamates (subject to hydrolysis) is 1. The molecule has 7 heteroatoms. The Labute approximate surface area is 129 Å². The zero-order valence-electron chi connectivity index (χ0n) is 13.0. The second kappa shape index (κ2) is 6.16. The Morgan fingerprint density at radius 2 is 2.09 bits per heavy atom. The first-order valence-corrected chi connectivity index (χ1v) is 7.43. The summed E-state index contributed by atoms with van der Waals surface area (Å²) < 4.78 is 10.2. The van der Waals surface area contributed by atoms with Crippen LogP contribution in [-0.2, 0) is 14.3 Å². The maximum atomic E-state index is 11.7. The van der Waals surface area contributed by atoms with Crippen molar-refractivity contribution >= 4 is 12.1 Å². The predicted octanol–water partition coefficient (Wildman–Crippen LogP) is 1.47. The number of aliphatic hydroxyl groups excluding tert-OH is 1. The number of carboxylic acids is 1. The first-order valence-electron chi connectivity index (χ1n) is 7.43. The van der Waals surface area contributed by atoms with Crippen LogP contribution >= 0.6 is 0 Å². The molecule has 22 heavy (non-hydrogen) atoms. The highest BCUT2D eigenvalue weighted by molar-refractivity contribution is 5.87. The van der Waals surface area contributed by atoms with Gasteiger partial charge in [0.05, 0.1) is 11.8 Å². The van der Waals surface area contributed by atoms with Gasteiger partial charge in [0.15, 0.2) is 6.29 Å². The molecule has 0 aromatic heterocycles. The highest BCUT2D eigenvalue weighted by atomic mass is 16.6. The van der Waals surface area contributed by atoms with Gasteiger partial charge in [0.2, 0.25) is 0 Å². The van der Waals surface area contributed by atoms with E-state index in [0.717, 1.165) is 12.7 Å². The molecule has 0 saturated heterocycles. The summed E-state index contributed by atoms with van der Waals surface area (Å²) in [4.78, 5) is 22.9. The molecule has 0 bridgehead atoms.